The second-order valence-corrected chi connectivity index (χ2v) is 6.09. The summed E-state index contributed by atoms with van der Waals surface area (Å²) in [7, 11) is 3.02. The summed E-state index contributed by atoms with van der Waals surface area (Å²) in [5.41, 5.74) is 5.16. The normalized spacial score (nSPS) is 10.9. The summed E-state index contributed by atoms with van der Waals surface area (Å²) in [5.74, 6) is 0.382. The maximum Gasteiger partial charge on any atom is 0.271 e. The number of carbonyl (C=O) groups excluding carboxylic acids is 2. The number of hydrogen-bond acceptors (Lipinski definition) is 5. The average Bonchev–Trinajstić information content (AvgIpc) is 2.71. The number of rotatable bonds is 8. The Balaban J connectivity index is 1.96. The van der Waals surface area contributed by atoms with Gasteiger partial charge in [-0.25, -0.2) is 5.43 Å². The number of amides is 2. The second kappa shape index (κ2) is 10.1. The van der Waals surface area contributed by atoms with Crippen LogP contribution in [-0.2, 0) is 11.2 Å². The molecular weight excluding hydrogens is 358 g/mol. The molecule has 2 aromatic rings. The Bertz CT molecular complexity index is 878. The van der Waals surface area contributed by atoms with Crippen LogP contribution in [0.3, 0.4) is 0 Å². The molecule has 0 saturated heterocycles. The van der Waals surface area contributed by atoms with Crippen LogP contribution >= 0.6 is 0 Å². The van der Waals surface area contributed by atoms with Crippen LogP contribution in [0.25, 0.3) is 0 Å². The summed E-state index contributed by atoms with van der Waals surface area (Å²) in [6, 6.07) is 12.5. The second-order valence-electron chi connectivity index (χ2n) is 6.09. The van der Waals surface area contributed by atoms with E-state index >= 15 is 0 Å². The zero-order chi connectivity index (χ0) is 20.5. The van der Waals surface area contributed by atoms with Gasteiger partial charge in [-0.15, -0.1) is 0 Å². The molecule has 2 amide bonds. The first-order valence-electron chi connectivity index (χ1n) is 8.91. The van der Waals surface area contributed by atoms with Gasteiger partial charge < -0.3 is 14.8 Å². The summed E-state index contributed by atoms with van der Waals surface area (Å²) in [6.45, 7) is 3.71. The molecule has 0 fully saturated rings. The number of benzene rings is 2. The van der Waals surface area contributed by atoms with Crippen molar-refractivity contribution in [3.05, 3.63) is 53.6 Å². The Kier molecular flexibility index (Phi) is 7.56. The highest BCUT2D eigenvalue weighted by Crippen LogP contribution is 2.27. The molecule has 0 aliphatic carbocycles. The number of hydrogen-bond donors (Lipinski definition) is 2. The van der Waals surface area contributed by atoms with Crippen molar-refractivity contribution in [2.75, 3.05) is 19.5 Å². The minimum Gasteiger partial charge on any atom is -0.493 e. The number of hydrazone groups is 1. The van der Waals surface area contributed by atoms with E-state index in [0.717, 1.165) is 17.7 Å². The van der Waals surface area contributed by atoms with Crippen LogP contribution in [-0.4, -0.2) is 31.7 Å². The molecule has 28 heavy (non-hydrogen) atoms. The van der Waals surface area contributed by atoms with Gasteiger partial charge in [-0.3, -0.25) is 9.59 Å². The molecule has 0 spiro atoms. The molecule has 0 aromatic heterocycles. The van der Waals surface area contributed by atoms with E-state index in [-0.39, 0.29) is 12.3 Å². The lowest BCUT2D eigenvalue weighted by molar-refractivity contribution is -0.115. The van der Waals surface area contributed by atoms with Crippen molar-refractivity contribution in [3.63, 3.8) is 0 Å². The van der Waals surface area contributed by atoms with Gasteiger partial charge in [0, 0.05) is 17.0 Å². The van der Waals surface area contributed by atoms with Crippen LogP contribution in [0.2, 0.25) is 0 Å². The van der Waals surface area contributed by atoms with E-state index < -0.39 is 5.91 Å². The van der Waals surface area contributed by atoms with Gasteiger partial charge >= 0.3 is 0 Å². The van der Waals surface area contributed by atoms with Crippen LogP contribution in [0, 0.1) is 0 Å². The van der Waals surface area contributed by atoms with Crippen molar-refractivity contribution in [2.24, 2.45) is 5.10 Å². The van der Waals surface area contributed by atoms with Gasteiger partial charge in [0.2, 0.25) is 5.91 Å². The smallest absolute Gasteiger partial charge is 0.271 e. The number of carbonyl (C=O) groups is 2. The van der Waals surface area contributed by atoms with Crippen molar-refractivity contribution < 1.29 is 19.1 Å². The molecule has 2 N–H and O–H groups in total. The number of ether oxygens (including phenoxy) is 2. The fraction of sp³-hybridized carbons (Fsp3) is 0.286. The van der Waals surface area contributed by atoms with Gasteiger partial charge in [0.15, 0.2) is 11.5 Å². The zero-order valence-corrected chi connectivity index (χ0v) is 16.5. The molecule has 0 unspecified atom stereocenters. The van der Waals surface area contributed by atoms with E-state index in [1.54, 1.807) is 25.1 Å². The Morgan fingerprint density at radius 2 is 1.75 bits per heavy atom. The minimum absolute atomic E-state index is 0.0737. The van der Waals surface area contributed by atoms with Gasteiger partial charge in [-0.2, -0.15) is 5.10 Å². The third-order valence-corrected chi connectivity index (χ3v) is 4.08. The van der Waals surface area contributed by atoms with Gasteiger partial charge in [0.05, 0.1) is 20.6 Å². The fourth-order valence-corrected chi connectivity index (χ4v) is 2.61. The Morgan fingerprint density at radius 1 is 1.04 bits per heavy atom. The van der Waals surface area contributed by atoms with Crippen LogP contribution in [0.15, 0.2) is 47.6 Å². The highest BCUT2D eigenvalue weighted by molar-refractivity contribution is 6.06. The van der Waals surface area contributed by atoms with Gasteiger partial charge in [0.1, 0.15) is 0 Å². The monoisotopic (exact) mass is 383 g/mol. The number of aryl methyl sites for hydroxylation is 1. The van der Waals surface area contributed by atoms with E-state index in [2.05, 4.69) is 15.8 Å². The lowest BCUT2D eigenvalue weighted by Crippen LogP contribution is -2.21. The number of anilines is 1. The Morgan fingerprint density at radius 3 is 2.43 bits per heavy atom. The predicted octanol–water partition coefficient (Wildman–Crippen LogP) is 3.40. The first-order valence-corrected chi connectivity index (χ1v) is 8.91. The highest BCUT2D eigenvalue weighted by atomic mass is 16.5. The summed E-state index contributed by atoms with van der Waals surface area (Å²) in [4.78, 5) is 24.5. The molecule has 7 heteroatoms. The Labute approximate surface area is 164 Å². The first-order chi connectivity index (χ1) is 13.5. The largest absolute Gasteiger partial charge is 0.493 e. The van der Waals surface area contributed by atoms with E-state index in [0.29, 0.717) is 22.8 Å². The van der Waals surface area contributed by atoms with Crippen molar-refractivity contribution in [1.29, 1.82) is 0 Å². The molecule has 0 heterocycles. The van der Waals surface area contributed by atoms with E-state index in [9.17, 15) is 9.59 Å². The number of methoxy groups -OCH3 is 2. The molecule has 0 radical (unpaired) electrons. The molecular formula is C21H25N3O4. The molecule has 0 aliphatic heterocycles. The van der Waals surface area contributed by atoms with Crippen LogP contribution in [0.5, 0.6) is 11.5 Å². The Hall–Kier alpha value is -3.35. The number of para-hydroxylation sites is 1. The van der Waals surface area contributed by atoms with Crippen molar-refractivity contribution in [1.82, 2.24) is 5.43 Å². The third kappa shape index (κ3) is 5.57. The maximum atomic E-state index is 12.3. The lowest BCUT2D eigenvalue weighted by Gasteiger charge is -2.10. The van der Waals surface area contributed by atoms with Crippen molar-refractivity contribution >= 4 is 23.2 Å². The van der Waals surface area contributed by atoms with Crippen LogP contribution in [0.4, 0.5) is 5.69 Å². The molecule has 2 aromatic carbocycles. The molecule has 2 rings (SSSR count). The van der Waals surface area contributed by atoms with E-state index in [1.165, 1.54) is 14.2 Å². The predicted molar refractivity (Wildman–Crippen MR) is 109 cm³/mol. The van der Waals surface area contributed by atoms with E-state index in [4.69, 9.17) is 9.47 Å². The molecule has 7 nitrogen and oxygen atoms in total. The molecule has 0 bridgehead atoms. The maximum absolute atomic E-state index is 12.3. The third-order valence-electron chi connectivity index (χ3n) is 4.08. The highest BCUT2D eigenvalue weighted by Gasteiger charge is 2.11. The van der Waals surface area contributed by atoms with E-state index in [1.807, 2.05) is 31.2 Å². The van der Waals surface area contributed by atoms with Crippen LogP contribution < -0.4 is 20.2 Å². The molecule has 0 aliphatic rings. The lowest BCUT2D eigenvalue weighted by atomic mass is 10.1. The summed E-state index contributed by atoms with van der Waals surface area (Å²) >= 11 is 0. The topological polar surface area (TPSA) is 89.0 Å². The van der Waals surface area contributed by atoms with Crippen molar-refractivity contribution in [3.8, 4) is 11.5 Å². The fourth-order valence-electron chi connectivity index (χ4n) is 2.61. The summed E-state index contributed by atoms with van der Waals surface area (Å²) < 4.78 is 10.3. The quantitative estimate of drug-likeness (QED) is 0.540. The molecule has 148 valence electrons. The average molecular weight is 383 g/mol. The standard InChI is InChI=1S/C21H25N3O4/c1-5-15-8-6-7-9-17(15)22-20(25)12-14(2)23-24-21(26)16-10-11-18(27-3)19(13-16)28-4/h6-11,13H,5,12H2,1-4H3,(H,22,25)(H,24,26). The van der Waals surface area contributed by atoms with Crippen molar-refractivity contribution in [2.45, 2.75) is 26.7 Å². The first kappa shape index (κ1) is 21.0. The van der Waals surface area contributed by atoms with Gasteiger partial charge in [-0.05, 0) is 43.2 Å². The summed E-state index contributed by atoms with van der Waals surface area (Å²) in [5, 5.41) is 6.88. The molecule has 0 saturated carbocycles. The number of nitrogens with one attached hydrogen (secondary N) is 2. The number of nitrogens with zero attached hydrogens (tertiary/aromatic N) is 1. The summed E-state index contributed by atoms with van der Waals surface area (Å²) in [6.07, 6.45) is 0.898. The molecule has 0 atom stereocenters. The van der Waals surface area contributed by atoms with Gasteiger partial charge in [-0.1, -0.05) is 25.1 Å². The van der Waals surface area contributed by atoms with Crippen LogP contribution in [0.1, 0.15) is 36.2 Å². The zero-order valence-electron chi connectivity index (χ0n) is 16.5. The van der Waals surface area contributed by atoms with Gasteiger partial charge in [0.25, 0.3) is 5.91 Å². The minimum atomic E-state index is -0.406. The SMILES string of the molecule is CCc1ccccc1NC(=O)CC(C)=NNC(=O)c1ccc(OC)c(OC)c1.